The van der Waals surface area contributed by atoms with Gasteiger partial charge in [0.25, 0.3) is 6.43 Å². The zero-order chi connectivity index (χ0) is 12.7. The third kappa shape index (κ3) is 5.08. The van der Waals surface area contributed by atoms with Gasteiger partial charge in [-0.05, 0) is 19.9 Å². The lowest BCUT2D eigenvalue weighted by Gasteiger charge is -2.12. The maximum atomic E-state index is 12.1. The van der Waals surface area contributed by atoms with E-state index in [2.05, 4.69) is 17.2 Å². The molecule has 0 bridgehead atoms. The normalized spacial score (nSPS) is 10.9. The molecule has 1 N–H and O–H groups in total. The largest absolute Gasteiger partial charge is 0.487 e. The zero-order valence-corrected chi connectivity index (χ0v) is 10.2. The van der Waals surface area contributed by atoms with Crippen molar-refractivity contribution >= 4 is 0 Å². The molecular weight excluding hydrogens is 226 g/mol. The third-order valence-electron chi connectivity index (χ3n) is 2.19. The van der Waals surface area contributed by atoms with E-state index < -0.39 is 13.0 Å². The summed E-state index contributed by atoms with van der Waals surface area (Å²) in [6.45, 7) is 4.75. The van der Waals surface area contributed by atoms with Crippen LogP contribution in [0.4, 0.5) is 8.78 Å². The minimum atomic E-state index is -2.46. The Morgan fingerprint density at radius 1 is 1.47 bits per heavy atom. The molecular formula is C12H18F2N2O. The van der Waals surface area contributed by atoms with Crippen LogP contribution in [0.15, 0.2) is 12.3 Å². The predicted octanol–water partition coefficient (Wildman–Crippen LogP) is 2.53. The molecule has 1 rings (SSSR count). The van der Waals surface area contributed by atoms with E-state index in [0.29, 0.717) is 12.3 Å². The molecule has 0 aliphatic carbocycles. The highest BCUT2D eigenvalue weighted by atomic mass is 19.3. The number of pyridine rings is 1. The van der Waals surface area contributed by atoms with Crippen LogP contribution < -0.4 is 10.1 Å². The van der Waals surface area contributed by atoms with E-state index >= 15 is 0 Å². The van der Waals surface area contributed by atoms with Crippen LogP contribution >= 0.6 is 0 Å². The first kappa shape index (κ1) is 13.8. The number of rotatable bonds is 7. The summed E-state index contributed by atoms with van der Waals surface area (Å²) in [5.41, 5.74) is 1.57. The smallest absolute Gasteiger partial charge is 0.272 e. The van der Waals surface area contributed by atoms with E-state index in [1.807, 2.05) is 0 Å². The highest BCUT2D eigenvalue weighted by molar-refractivity contribution is 5.32. The van der Waals surface area contributed by atoms with E-state index in [-0.39, 0.29) is 0 Å². The molecule has 0 aliphatic heterocycles. The summed E-state index contributed by atoms with van der Waals surface area (Å²) in [6.07, 6.45) is 0.227. The second kappa shape index (κ2) is 7.17. The average molecular weight is 244 g/mol. The van der Waals surface area contributed by atoms with Gasteiger partial charge in [-0.3, -0.25) is 4.98 Å². The molecule has 0 saturated heterocycles. The molecule has 17 heavy (non-hydrogen) atoms. The maximum absolute atomic E-state index is 12.1. The maximum Gasteiger partial charge on any atom is 0.272 e. The van der Waals surface area contributed by atoms with Crippen molar-refractivity contribution in [3.63, 3.8) is 0 Å². The van der Waals surface area contributed by atoms with E-state index in [1.165, 1.54) is 0 Å². The predicted molar refractivity (Wildman–Crippen MR) is 62.5 cm³/mol. The molecule has 5 heteroatoms. The Hall–Kier alpha value is -1.23. The number of halogens is 2. The summed E-state index contributed by atoms with van der Waals surface area (Å²) in [7, 11) is 0. The van der Waals surface area contributed by atoms with Gasteiger partial charge < -0.3 is 10.1 Å². The lowest BCUT2D eigenvalue weighted by molar-refractivity contribution is 0.0813. The van der Waals surface area contributed by atoms with Crippen LogP contribution in [-0.4, -0.2) is 24.6 Å². The molecule has 1 aromatic heterocycles. The second-order valence-electron chi connectivity index (χ2n) is 3.81. The van der Waals surface area contributed by atoms with Crippen molar-refractivity contribution in [2.75, 3.05) is 13.2 Å². The van der Waals surface area contributed by atoms with Crippen LogP contribution in [-0.2, 0) is 6.54 Å². The molecule has 0 radical (unpaired) electrons. The van der Waals surface area contributed by atoms with Crippen LogP contribution in [0.3, 0.4) is 0 Å². The van der Waals surface area contributed by atoms with Crippen LogP contribution in [0.1, 0.15) is 24.6 Å². The summed E-state index contributed by atoms with van der Waals surface area (Å²) < 4.78 is 29.3. The number of aryl methyl sites for hydroxylation is 1. The van der Waals surface area contributed by atoms with Gasteiger partial charge in [-0.1, -0.05) is 6.92 Å². The van der Waals surface area contributed by atoms with Gasteiger partial charge in [0.1, 0.15) is 12.4 Å². The number of hydrogen-bond donors (Lipinski definition) is 1. The first-order valence-electron chi connectivity index (χ1n) is 5.70. The zero-order valence-electron chi connectivity index (χ0n) is 10.2. The van der Waals surface area contributed by atoms with E-state index in [4.69, 9.17) is 4.74 Å². The van der Waals surface area contributed by atoms with Crippen molar-refractivity contribution in [3.05, 3.63) is 23.5 Å². The number of ether oxygens (including phenoxy) is 1. The number of aromatic nitrogens is 1. The van der Waals surface area contributed by atoms with Crippen LogP contribution in [0.2, 0.25) is 0 Å². The third-order valence-corrected chi connectivity index (χ3v) is 2.19. The van der Waals surface area contributed by atoms with Gasteiger partial charge in [0.2, 0.25) is 0 Å². The molecule has 0 saturated carbocycles. The number of nitrogens with one attached hydrogen (secondary N) is 1. The second-order valence-corrected chi connectivity index (χ2v) is 3.81. The van der Waals surface area contributed by atoms with Gasteiger partial charge in [-0.2, -0.15) is 0 Å². The van der Waals surface area contributed by atoms with Crippen molar-refractivity contribution in [2.45, 2.75) is 33.2 Å². The molecule has 0 aliphatic rings. The molecule has 0 aromatic carbocycles. The van der Waals surface area contributed by atoms with Crippen LogP contribution in [0.5, 0.6) is 5.75 Å². The number of alkyl halides is 2. The summed E-state index contributed by atoms with van der Waals surface area (Å²) in [5.74, 6) is 0.487. The van der Waals surface area contributed by atoms with Crippen molar-refractivity contribution < 1.29 is 13.5 Å². The lowest BCUT2D eigenvalue weighted by atomic mass is 10.2. The Morgan fingerprint density at radius 3 is 2.88 bits per heavy atom. The molecule has 0 spiro atoms. The topological polar surface area (TPSA) is 34.2 Å². The first-order valence-corrected chi connectivity index (χ1v) is 5.70. The lowest BCUT2D eigenvalue weighted by Crippen LogP contribution is -2.16. The van der Waals surface area contributed by atoms with Gasteiger partial charge >= 0.3 is 0 Å². The first-order chi connectivity index (χ1) is 8.13. The minimum Gasteiger partial charge on any atom is -0.487 e. The van der Waals surface area contributed by atoms with Crippen molar-refractivity contribution in [3.8, 4) is 5.75 Å². The van der Waals surface area contributed by atoms with Gasteiger partial charge in [0, 0.05) is 30.1 Å². The van der Waals surface area contributed by atoms with E-state index in [0.717, 1.165) is 24.2 Å². The molecule has 3 nitrogen and oxygen atoms in total. The van der Waals surface area contributed by atoms with E-state index in [9.17, 15) is 8.78 Å². The molecule has 0 amide bonds. The Balaban J connectivity index is 2.66. The minimum absolute atomic E-state index is 0.487. The van der Waals surface area contributed by atoms with Crippen LogP contribution in [0.25, 0.3) is 0 Å². The standard InChI is InChI=1S/C12H18F2N2O/c1-3-4-15-6-10-7-16-9(2)5-11(10)17-8-12(13)14/h5,7,12,15H,3-4,6,8H2,1-2H3. The van der Waals surface area contributed by atoms with Crippen molar-refractivity contribution in [1.82, 2.24) is 10.3 Å². The summed E-state index contributed by atoms with van der Waals surface area (Å²) in [5, 5.41) is 3.19. The summed E-state index contributed by atoms with van der Waals surface area (Å²) in [6, 6.07) is 1.69. The molecule has 1 aromatic rings. The fourth-order valence-electron chi connectivity index (χ4n) is 1.38. The van der Waals surface area contributed by atoms with Crippen LogP contribution in [0, 0.1) is 6.92 Å². The van der Waals surface area contributed by atoms with Crippen molar-refractivity contribution in [2.24, 2.45) is 0 Å². The van der Waals surface area contributed by atoms with Gasteiger partial charge in [-0.25, -0.2) is 8.78 Å². The Bertz CT molecular complexity index is 345. The van der Waals surface area contributed by atoms with Gasteiger partial charge in [0.15, 0.2) is 0 Å². The average Bonchev–Trinajstić information content (AvgIpc) is 2.29. The molecule has 0 unspecified atom stereocenters. The van der Waals surface area contributed by atoms with Gasteiger partial charge in [0.05, 0.1) is 0 Å². The highest BCUT2D eigenvalue weighted by Crippen LogP contribution is 2.19. The quantitative estimate of drug-likeness (QED) is 0.748. The Morgan fingerprint density at radius 2 is 2.24 bits per heavy atom. The van der Waals surface area contributed by atoms with Gasteiger partial charge in [-0.15, -0.1) is 0 Å². The highest BCUT2D eigenvalue weighted by Gasteiger charge is 2.08. The molecule has 96 valence electrons. The van der Waals surface area contributed by atoms with E-state index in [1.54, 1.807) is 19.2 Å². The molecule has 1 heterocycles. The molecule has 0 atom stereocenters. The fourth-order valence-corrected chi connectivity index (χ4v) is 1.38. The number of hydrogen-bond acceptors (Lipinski definition) is 3. The Kier molecular flexibility index (Phi) is 5.83. The summed E-state index contributed by atoms with van der Waals surface area (Å²) >= 11 is 0. The Labute approximate surface area is 100 Å². The van der Waals surface area contributed by atoms with Crippen molar-refractivity contribution in [1.29, 1.82) is 0 Å². The summed E-state index contributed by atoms with van der Waals surface area (Å²) in [4.78, 5) is 4.14. The monoisotopic (exact) mass is 244 g/mol. The SMILES string of the molecule is CCCNCc1cnc(C)cc1OCC(F)F. The molecule has 0 fully saturated rings. The fraction of sp³-hybridized carbons (Fsp3) is 0.583. The number of nitrogens with zero attached hydrogens (tertiary/aromatic N) is 1.